The summed E-state index contributed by atoms with van der Waals surface area (Å²) >= 11 is 0. The third kappa shape index (κ3) is 5.59. The van der Waals surface area contributed by atoms with Gasteiger partial charge < -0.3 is 19.1 Å². The zero-order chi connectivity index (χ0) is 26.0. The SMILES string of the molecule is COc1cc(C)c(S(=O)(=O)N(C)Cc2cc(C(=O)N3CCN(C4CCN(C)CC4)CC3)no2)c(C)c1. The Kier molecular flexibility index (Phi) is 8.03. The summed E-state index contributed by atoms with van der Waals surface area (Å²) in [4.78, 5) is 19.9. The van der Waals surface area contributed by atoms with Gasteiger partial charge in [-0.15, -0.1) is 0 Å². The molecular weight excluding hydrogens is 482 g/mol. The highest BCUT2D eigenvalue weighted by molar-refractivity contribution is 7.89. The Labute approximate surface area is 213 Å². The number of piperazine rings is 1. The molecule has 2 fully saturated rings. The standard InChI is InChI=1S/C25H37N5O5S/c1-18-14-21(34-5)15-19(2)24(18)36(32,33)28(4)17-22-16-23(26-35-22)25(31)30-12-10-29(11-13-30)20-6-8-27(3)9-7-20/h14-16,20H,6-13,17H2,1-5H3. The number of amides is 1. The Bertz CT molecular complexity index is 1160. The van der Waals surface area contributed by atoms with Gasteiger partial charge in [-0.2, -0.15) is 4.31 Å². The second-order valence-electron chi connectivity index (χ2n) is 9.89. The largest absolute Gasteiger partial charge is 0.497 e. The first kappa shape index (κ1) is 26.6. The average Bonchev–Trinajstić information content (AvgIpc) is 3.32. The lowest BCUT2D eigenvalue weighted by atomic mass is 10.0. The van der Waals surface area contributed by atoms with Gasteiger partial charge in [-0.1, -0.05) is 5.16 Å². The molecule has 3 heterocycles. The topological polar surface area (TPSA) is 99.4 Å². The second kappa shape index (κ2) is 10.9. The summed E-state index contributed by atoms with van der Waals surface area (Å²) in [6, 6.07) is 5.54. The predicted octanol–water partition coefficient (Wildman–Crippen LogP) is 1.97. The minimum Gasteiger partial charge on any atom is -0.497 e. The number of ether oxygens (including phenoxy) is 1. The lowest BCUT2D eigenvalue weighted by Crippen LogP contribution is -2.54. The van der Waals surface area contributed by atoms with Crippen LogP contribution < -0.4 is 4.74 Å². The quantitative estimate of drug-likeness (QED) is 0.548. The monoisotopic (exact) mass is 519 g/mol. The number of hydrogen-bond acceptors (Lipinski definition) is 8. The van der Waals surface area contributed by atoms with E-state index >= 15 is 0 Å². The van der Waals surface area contributed by atoms with Gasteiger partial charge in [0.05, 0.1) is 18.6 Å². The summed E-state index contributed by atoms with van der Waals surface area (Å²) in [6.07, 6.45) is 2.34. The van der Waals surface area contributed by atoms with Crippen LogP contribution in [0.3, 0.4) is 0 Å². The number of sulfonamides is 1. The fourth-order valence-electron chi connectivity index (χ4n) is 5.20. The van der Waals surface area contributed by atoms with Crippen LogP contribution in [0.25, 0.3) is 0 Å². The average molecular weight is 520 g/mol. The van der Waals surface area contributed by atoms with Gasteiger partial charge >= 0.3 is 0 Å². The fraction of sp³-hybridized carbons (Fsp3) is 0.600. The number of methoxy groups -OCH3 is 1. The van der Waals surface area contributed by atoms with Crippen LogP contribution in [0, 0.1) is 13.8 Å². The molecule has 0 aliphatic carbocycles. The van der Waals surface area contributed by atoms with Gasteiger partial charge in [0.2, 0.25) is 10.0 Å². The van der Waals surface area contributed by atoms with E-state index in [0.717, 1.165) is 26.2 Å². The molecule has 0 radical (unpaired) electrons. The molecule has 36 heavy (non-hydrogen) atoms. The first-order chi connectivity index (χ1) is 17.1. The van der Waals surface area contributed by atoms with Crippen molar-refractivity contribution in [2.24, 2.45) is 0 Å². The van der Waals surface area contributed by atoms with Gasteiger partial charge in [0.1, 0.15) is 5.75 Å². The Morgan fingerprint density at radius 1 is 1.08 bits per heavy atom. The summed E-state index contributed by atoms with van der Waals surface area (Å²) < 4.78 is 38.4. The molecule has 10 nitrogen and oxygen atoms in total. The van der Waals surface area contributed by atoms with Crippen LogP contribution in [0.15, 0.2) is 27.6 Å². The molecule has 2 aromatic rings. The smallest absolute Gasteiger partial charge is 0.276 e. The molecule has 0 saturated carbocycles. The van der Waals surface area contributed by atoms with E-state index in [4.69, 9.17) is 9.26 Å². The zero-order valence-corrected chi connectivity index (χ0v) is 22.7. The van der Waals surface area contributed by atoms with E-state index in [0.29, 0.717) is 41.8 Å². The molecule has 2 aliphatic rings. The van der Waals surface area contributed by atoms with E-state index in [9.17, 15) is 13.2 Å². The maximum atomic E-state index is 13.3. The third-order valence-corrected chi connectivity index (χ3v) is 9.41. The number of carbonyl (C=O) groups excluding carboxylic acids is 1. The molecule has 1 aromatic heterocycles. The maximum absolute atomic E-state index is 13.3. The molecule has 2 aliphatic heterocycles. The van der Waals surface area contributed by atoms with Crippen LogP contribution in [-0.4, -0.2) is 105 Å². The number of rotatable bonds is 7. The highest BCUT2D eigenvalue weighted by Gasteiger charge is 2.31. The normalized spacial score (nSPS) is 18.7. The first-order valence-electron chi connectivity index (χ1n) is 12.4. The van der Waals surface area contributed by atoms with Crippen LogP contribution >= 0.6 is 0 Å². The van der Waals surface area contributed by atoms with Crippen LogP contribution in [0.4, 0.5) is 0 Å². The second-order valence-corrected chi connectivity index (χ2v) is 11.9. The molecule has 0 bridgehead atoms. The fourth-order valence-corrected chi connectivity index (χ4v) is 6.74. The number of nitrogens with zero attached hydrogens (tertiary/aromatic N) is 5. The van der Waals surface area contributed by atoms with Crippen molar-refractivity contribution in [2.75, 3.05) is 60.5 Å². The molecule has 1 amide bonds. The minimum atomic E-state index is -3.79. The van der Waals surface area contributed by atoms with Crippen molar-refractivity contribution in [2.45, 2.75) is 44.2 Å². The number of likely N-dealkylation sites (tertiary alicyclic amines) is 1. The van der Waals surface area contributed by atoms with E-state index in [1.807, 2.05) is 0 Å². The van der Waals surface area contributed by atoms with Crippen molar-refractivity contribution in [1.82, 2.24) is 24.2 Å². The summed E-state index contributed by atoms with van der Waals surface area (Å²) in [6.45, 7) is 8.70. The molecular formula is C25H37N5O5S. The summed E-state index contributed by atoms with van der Waals surface area (Å²) in [5, 5.41) is 3.95. The van der Waals surface area contributed by atoms with E-state index in [-0.39, 0.29) is 23.0 Å². The van der Waals surface area contributed by atoms with E-state index in [1.54, 1.807) is 44.1 Å². The Hall–Kier alpha value is -2.47. The number of hydrogen-bond donors (Lipinski definition) is 0. The van der Waals surface area contributed by atoms with Crippen molar-refractivity contribution < 1.29 is 22.5 Å². The molecule has 1 aromatic carbocycles. The number of carbonyl (C=O) groups is 1. The molecule has 4 rings (SSSR count). The lowest BCUT2D eigenvalue weighted by Gasteiger charge is -2.42. The number of aryl methyl sites for hydroxylation is 2. The highest BCUT2D eigenvalue weighted by atomic mass is 32.2. The highest BCUT2D eigenvalue weighted by Crippen LogP contribution is 2.28. The van der Waals surface area contributed by atoms with Crippen molar-refractivity contribution in [3.8, 4) is 5.75 Å². The van der Waals surface area contributed by atoms with Crippen LogP contribution in [0.5, 0.6) is 5.75 Å². The van der Waals surface area contributed by atoms with Crippen LogP contribution in [0.1, 0.15) is 40.2 Å². The maximum Gasteiger partial charge on any atom is 0.276 e. The summed E-state index contributed by atoms with van der Waals surface area (Å²) in [7, 11) is 1.41. The molecule has 11 heteroatoms. The Morgan fingerprint density at radius 2 is 1.69 bits per heavy atom. The number of benzene rings is 1. The molecule has 0 N–H and O–H groups in total. The molecule has 0 unspecified atom stereocenters. The van der Waals surface area contributed by atoms with Crippen LogP contribution in [0.2, 0.25) is 0 Å². The molecule has 0 spiro atoms. The first-order valence-corrected chi connectivity index (χ1v) is 13.8. The molecule has 2 saturated heterocycles. The lowest BCUT2D eigenvalue weighted by molar-refractivity contribution is 0.0467. The molecule has 0 atom stereocenters. The van der Waals surface area contributed by atoms with Crippen molar-refractivity contribution >= 4 is 15.9 Å². The van der Waals surface area contributed by atoms with Gasteiger partial charge in [-0.3, -0.25) is 9.69 Å². The summed E-state index contributed by atoms with van der Waals surface area (Å²) in [5.41, 5.74) is 1.42. The van der Waals surface area contributed by atoms with Gasteiger partial charge in [0.25, 0.3) is 5.91 Å². The van der Waals surface area contributed by atoms with Crippen molar-refractivity contribution in [1.29, 1.82) is 0 Å². The van der Waals surface area contributed by atoms with E-state index in [2.05, 4.69) is 22.0 Å². The van der Waals surface area contributed by atoms with E-state index < -0.39 is 10.0 Å². The van der Waals surface area contributed by atoms with E-state index in [1.165, 1.54) is 24.2 Å². The summed E-state index contributed by atoms with van der Waals surface area (Å²) in [5.74, 6) is 0.746. The van der Waals surface area contributed by atoms with Crippen molar-refractivity contribution in [3.05, 3.63) is 40.8 Å². The minimum absolute atomic E-state index is 0.0303. The third-order valence-electron chi connectivity index (χ3n) is 7.30. The Morgan fingerprint density at radius 3 is 2.28 bits per heavy atom. The molecule has 198 valence electrons. The van der Waals surface area contributed by atoms with Gasteiger partial charge in [0.15, 0.2) is 11.5 Å². The van der Waals surface area contributed by atoms with Crippen LogP contribution in [-0.2, 0) is 16.6 Å². The Balaban J connectivity index is 1.37. The number of aromatic nitrogens is 1. The van der Waals surface area contributed by atoms with Gasteiger partial charge in [-0.05, 0) is 70.1 Å². The zero-order valence-electron chi connectivity index (χ0n) is 21.9. The predicted molar refractivity (Wildman–Crippen MR) is 136 cm³/mol. The number of piperidine rings is 1. The van der Waals surface area contributed by atoms with Crippen molar-refractivity contribution in [3.63, 3.8) is 0 Å². The van der Waals surface area contributed by atoms with Gasteiger partial charge in [-0.25, -0.2) is 8.42 Å². The van der Waals surface area contributed by atoms with Gasteiger partial charge in [0, 0.05) is 45.3 Å².